The fourth-order valence-corrected chi connectivity index (χ4v) is 2.40. The zero-order valence-electron chi connectivity index (χ0n) is 11.6. The van der Waals surface area contributed by atoms with Crippen molar-refractivity contribution in [3.63, 3.8) is 0 Å². The maximum Gasteiger partial charge on any atom is 0.407 e. The first-order chi connectivity index (χ1) is 10.0. The van der Waals surface area contributed by atoms with E-state index in [1.165, 1.54) is 13.2 Å². The molecule has 1 saturated heterocycles. The molecule has 21 heavy (non-hydrogen) atoms. The number of ether oxygens (including phenoxy) is 1. The number of carbonyl (C=O) groups excluding carboxylic acids is 1. The van der Waals surface area contributed by atoms with Crippen LogP contribution in [0.4, 0.5) is 16.2 Å². The summed E-state index contributed by atoms with van der Waals surface area (Å²) in [5, 5.41) is 22.9. The summed E-state index contributed by atoms with van der Waals surface area (Å²) in [6, 6.07) is 4.55. The van der Waals surface area contributed by atoms with Gasteiger partial charge in [-0.1, -0.05) is 6.07 Å². The van der Waals surface area contributed by atoms with Crippen molar-refractivity contribution in [2.45, 2.75) is 19.1 Å². The predicted octanol–water partition coefficient (Wildman–Crippen LogP) is 1.02. The molecule has 8 heteroatoms. The molecular weight excluding hydrogens is 278 g/mol. The van der Waals surface area contributed by atoms with Gasteiger partial charge in [0.2, 0.25) is 0 Å². The highest BCUT2D eigenvalue weighted by molar-refractivity contribution is 5.68. The number of hydrogen-bond donors (Lipinski definition) is 2. The average Bonchev–Trinajstić information content (AvgIpc) is 2.94. The molecule has 0 radical (unpaired) electrons. The lowest BCUT2D eigenvalue weighted by atomic mass is 10.1. The fourth-order valence-electron chi connectivity index (χ4n) is 2.40. The number of nitro benzene ring substituents is 1. The normalized spacial score (nSPS) is 17.6. The number of methoxy groups -OCH3 is 1. The second-order valence-electron chi connectivity index (χ2n) is 4.81. The molecule has 1 aliphatic rings. The van der Waals surface area contributed by atoms with Crippen LogP contribution >= 0.6 is 0 Å². The summed E-state index contributed by atoms with van der Waals surface area (Å²) in [6.07, 6.45) is 0.181. The molecule has 0 bridgehead atoms. The van der Waals surface area contributed by atoms with Crippen molar-refractivity contribution in [2.75, 3.05) is 25.1 Å². The highest BCUT2D eigenvalue weighted by Crippen LogP contribution is 2.31. The predicted molar refractivity (Wildman–Crippen MR) is 75.2 cm³/mol. The van der Waals surface area contributed by atoms with Gasteiger partial charge in [0.15, 0.2) is 0 Å². The number of aliphatic hydroxyl groups is 1. The quantitative estimate of drug-likeness (QED) is 0.634. The second-order valence-corrected chi connectivity index (χ2v) is 4.81. The molecule has 1 atom stereocenters. The highest BCUT2D eigenvalue weighted by Gasteiger charge is 2.28. The first kappa shape index (κ1) is 15.0. The molecule has 1 heterocycles. The van der Waals surface area contributed by atoms with E-state index in [1.54, 1.807) is 12.1 Å². The minimum absolute atomic E-state index is 0.0414. The number of carbonyl (C=O) groups is 1. The van der Waals surface area contributed by atoms with Crippen LogP contribution < -0.4 is 10.2 Å². The molecule has 2 N–H and O–H groups in total. The maximum absolute atomic E-state index is 11.2. The van der Waals surface area contributed by atoms with E-state index in [2.05, 4.69) is 10.1 Å². The van der Waals surface area contributed by atoms with Crippen molar-refractivity contribution < 1.29 is 19.6 Å². The van der Waals surface area contributed by atoms with E-state index in [9.17, 15) is 14.9 Å². The first-order valence-corrected chi connectivity index (χ1v) is 6.52. The van der Waals surface area contributed by atoms with Crippen molar-refractivity contribution in [3.8, 4) is 0 Å². The van der Waals surface area contributed by atoms with Crippen molar-refractivity contribution in [1.29, 1.82) is 0 Å². The summed E-state index contributed by atoms with van der Waals surface area (Å²) < 4.78 is 4.54. The van der Waals surface area contributed by atoms with Gasteiger partial charge < -0.3 is 20.1 Å². The highest BCUT2D eigenvalue weighted by atomic mass is 16.6. The van der Waals surface area contributed by atoms with E-state index in [0.717, 1.165) is 0 Å². The van der Waals surface area contributed by atoms with Crippen LogP contribution in [-0.4, -0.2) is 42.4 Å². The van der Waals surface area contributed by atoms with Crippen LogP contribution in [0.1, 0.15) is 12.0 Å². The third kappa shape index (κ3) is 3.40. The number of nitrogens with one attached hydrogen (secondary N) is 1. The Morgan fingerprint density at radius 3 is 3.00 bits per heavy atom. The van der Waals surface area contributed by atoms with Gasteiger partial charge in [-0.15, -0.1) is 0 Å². The lowest BCUT2D eigenvalue weighted by Crippen LogP contribution is -2.37. The lowest BCUT2D eigenvalue weighted by Gasteiger charge is -2.19. The van der Waals surface area contributed by atoms with Gasteiger partial charge in [-0.3, -0.25) is 10.1 Å². The first-order valence-electron chi connectivity index (χ1n) is 6.52. The summed E-state index contributed by atoms with van der Waals surface area (Å²) in [5.74, 6) is 0. The largest absolute Gasteiger partial charge is 0.453 e. The third-order valence-electron chi connectivity index (χ3n) is 3.46. The third-order valence-corrected chi connectivity index (χ3v) is 3.46. The number of anilines is 1. The summed E-state index contributed by atoms with van der Waals surface area (Å²) >= 11 is 0. The van der Waals surface area contributed by atoms with Crippen LogP contribution in [0, 0.1) is 10.1 Å². The van der Waals surface area contributed by atoms with Gasteiger partial charge in [-0.25, -0.2) is 4.79 Å². The molecule has 1 aliphatic heterocycles. The van der Waals surface area contributed by atoms with Crippen molar-refractivity contribution in [1.82, 2.24) is 5.32 Å². The van der Waals surface area contributed by atoms with Crippen LogP contribution in [0.5, 0.6) is 0 Å². The topological polar surface area (TPSA) is 105 Å². The number of amides is 1. The zero-order valence-corrected chi connectivity index (χ0v) is 11.6. The summed E-state index contributed by atoms with van der Waals surface area (Å²) in [5.41, 5.74) is 0.945. The van der Waals surface area contributed by atoms with Crippen LogP contribution in [0.3, 0.4) is 0 Å². The Balaban J connectivity index is 2.16. The SMILES string of the molecule is COC(=O)NC1CCN(c2ccc(CO)cc2[N+](=O)[O-])C1. The lowest BCUT2D eigenvalue weighted by molar-refractivity contribution is -0.384. The van der Waals surface area contributed by atoms with Crippen LogP contribution in [0.2, 0.25) is 0 Å². The molecule has 8 nitrogen and oxygen atoms in total. The minimum Gasteiger partial charge on any atom is -0.453 e. The van der Waals surface area contributed by atoms with E-state index in [4.69, 9.17) is 5.11 Å². The number of hydrogen-bond acceptors (Lipinski definition) is 6. The summed E-state index contributed by atoms with van der Waals surface area (Å²) in [7, 11) is 1.29. The molecule has 0 aromatic heterocycles. The second kappa shape index (κ2) is 6.40. The number of rotatable bonds is 4. The Morgan fingerprint density at radius 2 is 2.38 bits per heavy atom. The maximum atomic E-state index is 11.2. The Hall–Kier alpha value is -2.35. The van der Waals surface area contributed by atoms with Gasteiger partial charge in [0.25, 0.3) is 5.69 Å². The smallest absolute Gasteiger partial charge is 0.407 e. The molecule has 1 aromatic rings. The van der Waals surface area contributed by atoms with Crippen LogP contribution in [0.15, 0.2) is 18.2 Å². The molecule has 2 rings (SSSR count). The zero-order chi connectivity index (χ0) is 15.4. The van der Waals surface area contributed by atoms with Crippen molar-refractivity contribution in [3.05, 3.63) is 33.9 Å². The Labute approximate surface area is 121 Å². The fraction of sp³-hybridized carbons (Fsp3) is 0.462. The Bertz CT molecular complexity index is 549. The van der Waals surface area contributed by atoms with Crippen molar-refractivity contribution in [2.24, 2.45) is 0 Å². The van der Waals surface area contributed by atoms with E-state index >= 15 is 0 Å². The molecular formula is C13H17N3O5. The molecule has 114 valence electrons. The number of nitro groups is 1. The molecule has 0 spiro atoms. The van der Waals surface area contributed by atoms with Gasteiger partial charge in [0.1, 0.15) is 5.69 Å². The van der Waals surface area contributed by atoms with E-state index < -0.39 is 11.0 Å². The Kier molecular flexibility index (Phi) is 4.59. The van der Waals surface area contributed by atoms with Crippen LogP contribution in [0.25, 0.3) is 0 Å². The molecule has 0 saturated carbocycles. The number of nitrogens with zero attached hydrogens (tertiary/aromatic N) is 2. The van der Waals surface area contributed by atoms with Gasteiger partial charge in [-0.05, 0) is 18.1 Å². The van der Waals surface area contributed by atoms with E-state index in [1.807, 2.05) is 4.90 Å². The Morgan fingerprint density at radius 1 is 1.62 bits per heavy atom. The van der Waals surface area contributed by atoms with E-state index in [-0.39, 0.29) is 18.3 Å². The number of alkyl carbamates (subject to hydrolysis) is 1. The van der Waals surface area contributed by atoms with Gasteiger partial charge >= 0.3 is 6.09 Å². The van der Waals surface area contributed by atoms with Crippen LogP contribution in [-0.2, 0) is 11.3 Å². The minimum atomic E-state index is -0.507. The average molecular weight is 295 g/mol. The number of benzene rings is 1. The van der Waals surface area contributed by atoms with Gasteiger partial charge in [-0.2, -0.15) is 0 Å². The monoisotopic (exact) mass is 295 g/mol. The van der Waals surface area contributed by atoms with E-state index in [0.29, 0.717) is 30.8 Å². The standard InChI is InChI=1S/C13H17N3O5/c1-21-13(18)14-10-4-5-15(7-10)11-3-2-9(8-17)6-12(11)16(19)20/h2-3,6,10,17H,4-5,7-8H2,1H3,(H,14,18). The molecule has 1 unspecified atom stereocenters. The summed E-state index contributed by atoms with van der Waals surface area (Å²) in [4.78, 5) is 23.7. The molecule has 1 aromatic carbocycles. The molecule has 1 fully saturated rings. The molecule has 1 amide bonds. The van der Waals surface area contributed by atoms with Gasteiger partial charge in [0.05, 0.1) is 24.7 Å². The molecule has 0 aliphatic carbocycles. The number of aliphatic hydroxyl groups excluding tert-OH is 1. The van der Waals surface area contributed by atoms with Crippen molar-refractivity contribution >= 4 is 17.5 Å². The van der Waals surface area contributed by atoms with Gasteiger partial charge in [0, 0.05) is 19.2 Å². The summed E-state index contributed by atoms with van der Waals surface area (Å²) in [6.45, 7) is 0.843.